The van der Waals surface area contributed by atoms with Crippen LogP contribution in [0.25, 0.3) is 17.4 Å². The van der Waals surface area contributed by atoms with Gasteiger partial charge in [0.25, 0.3) is 5.91 Å². The van der Waals surface area contributed by atoms with Crippen molar-refractivity contribution in [2.75, 3.05) is 0 Å². The molecule has 1 aromatic heterocycles. The summed E-state index contributed by atoms with van der Waals surface area (Å²) >= 11 is 5.54. The van der Waals surface area contributed by atoms with Gasteiger partial charge >= 0.3 is 5.97 Å². The minimum Gasteiger partial charge on any atom is -0.459 e. The third-order valence-corrected chi connectivity index (χ3v) is 4.71. The van der Waals surface area contributed by atoms with Crippen LogP contribution in [0, 0.1) is 0 Å². The Morgan fingerprint density at radius 2 is 2.00 bits per heavy atom. The first-order chi connectivity index (χ1) is 11.9. The molecule has 5 nitrogen and oxygen atoms in total. The number of hydrogen-bond donors (Lipinski definition) is 2. The molecule has 1 fully saturated rings. The van der Waals surface area contributed by atoms with Gasteiger partial charge in [-0.1, -0.05) is 23.9 Å². The fourth-order valence-electron chi connectivity index (χ4n) is 2.25. The van der Waals surface area contributed by atoms with Gasteiger partial charge in [0.15, 0.2) is 0 Å². The van der Waals surface area contributed by atoms with Crippen molar-refractivity contribution < 1.29 is 18.7 Å². The van der Waals surface area contributed by atoms with Gasteiger partial charge in [-0.2, -0.15) is 0 Å². The molecule has 1 aliphatic rings. The molecule has 3 rings (SSSR count). The van der Waals surface area contributed by atoms with Gasteiger partial charge in [0.1, 0.15) is 16.2 Å². The largest absolute Gasteiger partial charge is 0.459 e. The number of thiol groups is 1. The molecule has 0 saturated carbocycles. The molecule has 0 bridgehead atoms. The molecule has 7 heteroatoms. The first-order valence-corrected chi connectivity index (χ1v) is 9.10. The third-order valence-electron chi connectivity index (χ3n) is 3.36. The summed E-state index contributed by atoms with van der Waals surface area (Å²) in [6.45, 7) is 3.62. The van der Waals surface area contributed by atoms with E-state index >= 15 is 0 Å². The second-order valence-electron chi connectivity index (χ2n) is 5.69. The third kappa shape index (κ3) is 4.29. The van der Waals surface area contributed by atoms with Crippen LogP contribution in [0.4, 0.5) is 0 Å². The lowest BCUT2D eigenvalue weighted by Gasteiger charge is -2.07. The van der Waals surface area contributed by atoms with E-state index in [1.54, 1.807) is 36.4 Å². The van der Waals surface area contributed by atoms with Gasteiger partial charge in [0.2, 0.25) is 0 Å². The van der Waals surface area contributed by atoms with Crippen LogP contribution in [-0.4, -0.2) is 22.7 Å². The Morgan fingerprint density at radius 1 is 1.28 bits per heavy atom. The van der Waals surface area contributed by atoms with Gasteiger partial charge in [0.05, 0.1) is 16.6 Å². The molecule has 1 atom stereocenters. The molecular formula is C18H17NO4S2. The van der Waals surface area contributed by atoms with E-state index in [1.807, 2.05) is 19.9 Å². The molecule has 25 heavy (non-hydrogen) atoms. The summed E-state index contributed by atoms with van der Waals surface area (Å²) < 4.78 is 10.7. The number of carbonyl (C=O) groups is 2. The molecule has 1 N–H and O–H groups in total. The average molecular weight is 375 g/mol. The molecule has 1 saturated heterocycles. The van der Waals surface area contributed by atoms with Gasteiger partial charge in [-0.3, -0.25) is 4.79 Å². The SMILES string of the molecule is CC(C)OC(=O)c1ccc(-c2ccc(/C=C3\SC(S)NC3=O)o2)cc1. The number of nitrogens with one attached hydrogen (secondary N) is 1. The fraction of sp³-hybridized carbons (Fsp3) is 0.222. The molecular weight excluding hydrogens is 358 g/mol. The summed E-state index contributed by atoms with van der Waals surface area (Å²) in [5.41, 5.74) is 1.33. The van der Waals surface area contributed by atoms with Crippen LogP contribution in [0.2, 0.25) is 0 Å². The maximum atomic E-state index is 11.9. The molecule has 1 aromatic carbocycles. The Kier molecular flexibility index (Phi) is 5.24. The molecule has 0 spiro atoms. The zero-order valence-electron chi connectivity index (χ0n) is 13.7. The summed E-state index contributed by atoms with van der Waals surface area (Å²) in [7, 11) is 0. The summed E-state index contributed by atoms with van der Waals surface area (Å²) in [6, 6.07) is 10.6. The molecule has 130 valence electrons. The lowest BCUT2D eigenvalue weighted by Crippen LogP contribution is -2.19. The van der Waals surface area contributed by atoms with Crippen LogP contribution in [-0.2, 0) is 9.53 Å². The van der Waals surface area contributed by atoms with Crippen LogP contribution >= 0.6 is 24.4 Å². The second kappa shape index (κ2) is 7.41. The van der Waals surface area contributed by atoms with Gasteiger partial charge in [-0.15, -0.1) is 12.6 Å². The zero-order valence-corrected chi connectivity index (χ0v) is 15.4. The first kappa shape index (κ1) is 17.7. The molecule has 1 unspecified atom stereocenters. The highest BCUT2D eigenvalue weighted by atomic mass is 32.2. The quantitative estimate of drug-likeness (QED) is 0.481. The van der Waals surface area contributed by atoms with E-state index in [9.17, 15) is 9.59 Å². The number of rotatable bonds is 4. The van der Waals surface area contributed by atoms with Crippen LogP contribution in [0.1, 0.15) is 30.0 Å². The number of ether oxygens (including phenoxy) is 1. The highest BCUT2D eigenvalue weighted by molar-refractivity contribution is 8.14. The number of carbonyl (C=O) groups excluding carboxylic acids is 2. The normalized spacial score (nSPS) is 18.6. The van der Waals surface area contributed by atoms with Gasteiger partial charge in [0, 0.05) is 11.6 Å². The number of hydrogen-bond acceptors (Lipinski definition) is 6. The zero-order chi connectivity index (χ0) is 18.0. The Balaban J connectivity index is 1.75. The Labute approximate surface area is 155 Å². The summed E-state index contributed by atoms with van der Waals surface area (Å²) in [5.74, 6) is 0.729. The molecule has 2 aromatic rings. The summed E-state index contributed by atoms with van der Waals surface area (Å²) in [4.78, 5) is 24.1. The van der Waals surface area contributed by atoms with Crippen molar-refractivity contribution in [2.24, 2.45) is 0 Å². The topological polar surface area (TPSA) is 68.5 Å². The van der Waals surface area contributed by atoms with Crippen LogP contribution in [0.5, 0.6) is 0 Å². The summed E-state index contributed by atoms with van der Waals surface area (Å²) in [5, 5.41) is 2.69. The van der Waals surface area contributed by atoms with Crippen molar-refractivity contribution in [1.82, 2.24) is 5.32 Å². The van der Waals surface area contributed by atoms with E-state index < -0.39 is 0 Å². The minimum absolute atomic E-state index is 0.157. The number of benzene rings is 1. The van der Waals surface area contributed by atoms with E-state index in [0.717, 1.165) is 5.56 Å². The van der Waals surface area contributed by atoms with Crippen LogP contribution in [0.15, 0.2) is 45.7 Å². The van der Waals surface area contributed by atoms with E-state index in [2.05, 4.69) is 17.9 Å². The average Bonchev–Trinajstić information content (AvgIpc) is 3.14. The van der Waals surface area contributed by atoms with Crippen LogP contribution in [0.3, 0.4) is 0 Å². The van der Waals surface area contributed by atoms with E-state index in [4.69, 9.17) is 9.15 Å². The number of amides is 1. The second-order valence-corrected chi connectivity index (χ2v) is 7.70. The van der Waals surface area contributed by atoms with Crippen molar-refractivity contribution in [3.8, 4) is 11.3 Å². The van der Waals surface area contributed by atoms with E-state index in [1.165, 1.54) is 11.8 Å². The molecule has 1 aliphatic heterocycles. The summed E-state index contributed by atoms with van der Waals surface area (Å²) in [6.07, 6.45) is 1.53. The van der Waals surface area contributed by atoms with Crippen molar-refractivity contribution >= 4 is 42.3 Å². The van der Waals surface area contributed by atoms with Gasteiger partial charge < -0.3 is 14.5 Å². The smallest absolute Gasteiger partial charge is 0.338 e. The predicted octanol–water partition coefficient (Wildman–Crippen LogP) is 3.93. The molecule has 0 aliphatic carbocycles. The Morgan fingerprint density at radius 3 is 2.60 bits per heavy atom. The lowest BCUT2D eigenvalue weighted by atomic mass is 10.1. The number of esters is 1. The lowest BCUT2D eigenvalue weighted by molar-refractivity contribution is -0.116. The highest BCUT2D eigenvalue weighted by Gasteiger charge is 2.24. The molecule has 2 heterocycles. The Hall–Kier alpha value is -2.12. The van der Waals surface area contributed by atoms with E-state index in [0.29, 0.717) is 22.0 Å². The fourth-order valence-corrected chi connectivity index (χ4v) is 3.47. The first-order valence-electron chi connectivity index (χ1n) is 7.71. The Bertz CT molecular complexity index is 824. The molecule has 0 radical (unpaired) electrons. The van der Waals surface area contributed by atoms with Gasteiger partial charge in [-0.05, 0) is 38.1 Å². The highest BCUT2D eigenvalue weighted by Crippen LogP contribution is 2.32. The van der Waals surface area contributed by atoms with Crippen molar-refractivity contribution in [2.45, 2.75) is 24.7 Å². The van der Waals surface area contributed by atoms with Crippen molar-refractivity contribution in [1.29, 1.82) is 0 Å². The predicted molar refractivity (Wildman–Crippen MR) is 101 cm³/mol. The monoisotopic (exact) mass is 375 g/mol. The molecule has 1 amide bonds. The van der Waals surface area contributed by atoms with Crippen LogP contribution < -0.4 is 5.32 Å². The van der Waals surface area contributed by atoms with E-state index in [-0.39, 0.29) is 22.7 Å². The number of thioether (sulfide) groups is 1. The standard InChI is InChI=1S/C18H17NO4S2/c1-10(2)22-17(21)12-5-3-11(4-6-12)14-8-7-13(23-14)9-15-16(20)19-18(24)25-15/h3-10,18,24H,1-2H3,(H,19,20)/b15-9-. The van der Waals surface area contributed by atoms with Crippen molar-refractivity contribution in [3.63, 3.8) is 0 Å². The van der Waals surface area contributed by atoms with Gasteiger partial charge in [-0.25, -0.2) is 4.79 Å². The van der Waals surface area contributed by atoms with Crippen molar-refractivity contribution in [3.05, 3.63) is 52.6 Å². The minimum atomic E-state index is -0.350. The maximum absolute atomic E-state index is 11.9. The maximum Gasteiger partial charge on any atom is 0.338 e. The number of furan rings is 1.